The van der Waals surface area contributed by atoms with Crippen molar-refractivity contribution < 1.29 is 19.1 Å². The molecule has 0 bridgehead atoms. The van der Waals surface area contributed by atoms with Gasteiger partial charge in [0, 0.05) is 25.0 Å². The molecule has 178 valence electrons. The van der Waals surface area contributed by atoms with Gasteiger partial charge in [-0.2, -0.15) is 0 Å². The van der Waals surface area contributed by atoms with Crippen LogP contribution in [0.2, 0.25) is 5.02 Å². The smallest absolute Gasteiger partial charge is 0.335 e. The molecule has 1 heterocycles. The zero-order valence-corrected chi connectivity index (χ0v) is 23.2. The molecule has 4 amide bonds. The molecule has 4 rings (SSSR count). The van der Waals surface area contributed by atoms with Gasteiger partial charge in [-0.05, 0) is 82.6 Å². The number of carbonyl (C=O) groups excluding carboxylic acids is 3. The van der Waals surface area contributed by atoms with E-state index >= 15 is 0 Å². The van der Waals surface area contributed by atoms with Gasteiger partial charge in [-0.3, -0.25) is 14.9 Å². The third-order valence-electron chi connectivity index (χ3n) is 5.61. The van der Waals surface area contributed by atoms with Gasteiger partial charge in [-0.1, -0.05) is 51.8 Å². The molecule has 1 N–H and O–H groups in total. The Bertz CT molecular complexity index is 1410. The predicted octanol–water partition coefficient (Wildman–Crippen LogP) is 6.28. The molecule has 35 heavy (non-hydrogen) atoms. The van der Waals surface area contributed by atoms with Crippen molar-refractivity contribution in [1.29, 1.82) is 0 Å². The first-order valence-corrected chi connectivity index (χ1v) is 12.7. The maximum Gasteiger partial charge on any atom is 0.335 e. The summed E-state index contributed by atoms with van der Waals surface area (Å²) >= 11 is 12.0. The third-order valence-corrected chi connectivity index (χ3v) is 7.76. The van der Waals surface area contributed by atoms with Crippen molar-refractivity contribution >= 4 is 79.7 Å². The van der Waals surface area contributed by atoms with Crippen molar-refractivity contribution in [2.45, 2.75) is 13.3 Å². The number of anilines is 1. The van der Waals surface area contributed by atoms with Crippen molar-refractivity contribution in [3.8, 4) is 5.75 Å². The SMILES string of the molecule is COc1cc(/C=C2\C(=O)NC(=O)N(c3cccc(Cl)c3C)C2=O)cc(I)c1Cc1ccccc1Br. The number of hydrogen-bond acceptors (Lipinski definition) is 4. The number of benzene rings is 3. The summed E-state index contributed by atoms with van der Waals surface area (Å²) in [6, 6.07) is 15.7. The van der Waals surface area contributed by atoms with Gasteiger partial charge in [-0.25, -0.2) is 9.69 Å². The van der Waals surface area contributed by atoms with E-state index in [0.29, 0.717) is 34.0 Å². The molecule has 3 aromatic carbocycles. The Hall–Kier alpha value is -2.69. The molecule has 6 nitrogen and oxygen atoms in total. The summed E-state index contributed by atoms with van der Waals surface area (Å²) < 4.78 is 7.55. The number of imide groups is 2. The Labute approximate surface area is 229 Å². The number of methoxy groups -OCH3 is 1. The van der Waals surface area contributed by atoms with Crippen molar-refractivity contribution in [3.05, 3.63) is 95.5 Å². The highest BCUT2D eigenvalue weighted by Gasteiger charge is 2.37. The van der Waals surface area contributed by atoms with Crippen LogP contribution in [-0.4, -0.2) is 25.0 Å². The first kappa shape index (κ1) is 25.4. The van der Waals surface area contributed by atoms with Gasteiger partial charge in [0.15, 0.2) is 0 Å². The molecule has 9 heteroatoms. The van der Waals surface area contributed by atoms with Gasteiger partial charge in [-0.15, -0.1) is 0 Å². The molecular weight excluding hydrogens is 647 g/mol. The lowest BCUT2D eigenvalue weighted by Crippen LogP contribution is -2.54. The molecule has 1 saturated heterocycles. The number of nitrogens with one attached hydrogen (secondary N) is 1. The molecule has 1 aliphatic heterocycles. The van der Waals surface area contributed by atoms with Crippen LogP contribution in [0.3, 0.4) is 0 Å². The predicted molar refractivity (Wildman–Crippen MR) is 148 cm³/mol. The van der Waals surface area contributed by atoms with Crippen LogP contribution in [0.1, 0.15) is 22.3 Å². The second-order valence-electron chi connectivity index (χ2n) is 7.79. The standard InChI is InChI=1S/C26H19BrClIN2O4/c1-14-20(28)8-5-9-22(14)31-25(33)18(24(32)30-26(31)34)10-15-11-21(29)17(23(12-15)35-2)13-16-6-3-4-7-19(16)27/h3-12H,13H2,1-2H3,(H,30,32,34)/b18-10+. The number of carbonyl (C=O) groups is 3. The minimum absolute atomic E-state index is 0.166. The fraction of sp³-hybridized carbons (Fsp3) is 0.115. The average molecular weight is 666 g/mol. The van der Waals surface area contributed by atoms with Crippen molar-refractivity contribution in [2.24, 2.45) is 0 Å². The quantitative estimate of drug-likeness (QED) is 0.198. The zero-order chi connectivity index (χ0) is 25.3. The number of rotatable bonds is 5. The van der Waals surface area contributed by atoms with E-state index in [2.05, 4.69) is 43.8 Å². The minimum Gasteiger partial charge on any atom is -0.496 e. The zero-order valence-electron chi connectivity index (χ0n) is 18.7. The Balaban J connectivity index is 1.73. The van der Waals surface area contributed by atoms with Gasteiger partial charge in [0.1, 0.15) is 11.3 Å². The third kappa shape index (κ3) is 5.14. The second kappa shape index (κ2) is 10.5. The number of nitrogens with zero attached hydrogens (tertiary/aromatic N) is 1. The van der Waals surface area contributed by atoms with Gasteiger partial charge < -0.3 is 4.74 Å². The molecule has 3 aromatic rings. The molecule has 0 saturated carbocycles. The fourth-order valence-electron chi connectivity index (χ4n) is 3.78. The summed E-state index contributed by atoms with van der Waals surface area (Å²) in [6.07, 6.45) is 2.10. The van der Waals surface area contributed by atoms with Crippen LogP contribution in [0.25, 0.3) is 6.08 Å². The lowest BCUT2D eigenvalue weighted by molar-refractivity contribution is -0.122. The van der Waals surface area contributed by atoms with Crippen LogP contribution >= 0.6 is 50.1 Å². The molecule has 0 unspecified atom stereocenters. The lowest BCUT2D eigenvalue weighted by Gasteiger charge is -2.27. The van der Waals surface area contributed by atoms with Crippen molar-refractivity contribution in [2.75, 3.05) is 12.0 Å². The van der Waals surface area contributed by atoms with E-state index in [1.165, 1.54) is 6.08 Å². The molecule has 0 spiro atoms. The normalized spacial score (nSPS) is 14.9. The highest BCUT2D eigenvalue weighted by atomic mass is 127. The molecule has 1 aliphatic rings. The number of barbiturate groups is 1. The molecular formula is C26H19BrClIN2O4. The van der Waals surface area contributed by atoms with Crippen LogP contribution < -0.4 is 15.0 Å². The second-order valence-corrected chi connectivity index (χ2v) is 10.2. The summed E-state index contributed by atoms with van der Waals surface area (Å²) in [7, 11) is 1.58. The van der Waals surface area contributed by atoms with E-state index in [4.69, 9.17) is 16.3 Å². The van der Waals surface area contributed by atoms with E-state index in [0.717, 1.165) is 24.1 Å². The minimum atomic E-state index is -0.821. The van der Waals surface area contributed by atoms with Gasteiger partial charge in [0.25, 0.3) is 11.8 Å². The summed E-state index contributed by atoms with van der Waals surface area (Å²) in [6.45, 7) is 1.70. The number of ether oxygens (including phenoxy) is 1. The largest absolute Gasteiger partial charge is 0.496 e. The monoisotopic (exact) mass is 664 g/mol. The Morgan fingerprint density at radius 2 is 1.86 bits per heavy atom. The number of urea groups is 1. The van der Waals surface area contributed by atoms with Gasteiger partial charge >= 0.3 is 6.03 Å². The summed E-state index contributed by atoms with van der Waals surface area (Å²) in [5, 5.41) is 2.65. The number of halogens is 3. The molecule has 0 aliphatic carbocycles. The molecule has 0 aromatic heterocycles. The van der Waals surface area contributed by atoms with Gasteiger partial charge in [0.2, 0.25) is 0 Å². The summed E-state index contributed by atoms with van der Waals surface area (Å²) in [5.41, 5.74) is 3.38. The first-order chi connectivity index (χ1) is 16.7. The summed E-state index contributed by atoms with van der Waals surface area (Å²) in [4.78, 5) is 39.4. The fourth-order valence-corrected chi connectivity index (χ4v) is 5.19. The van der Waals surface area contributed by atoms with Crippen LogP contribution in [0.5, 0.6) is 5.75 Å². The van der Waals surface area contributed by atoms with E-state index in [-0.39, 0.29) is 5.57 Å². The van der Waals surface area contributed by atoms with Crippen LogP contribution in [0.15, 0.2) is 64.6 Å². The number of hydrogen-bond donors (Lipinski definition) is 1. The molecule has 0 radical (unpaired) electrons. The number of amides is 4. The Morgan fingerprint density at radius 1 is 1.11 bits per heavy atom. The van der Waals surface area contributed by atoms with E-state index < -0.39 is 17.8 Å². The van der Waals surface area contributed by atoms with E-state index in [1.807, 2.05) is 30.3 Å². The van der Waals surface area contributed by atoms with Gasteiger partial charge in [0.05, 0.1) is 12.8 Å². The molecule has 1 fully saturated rings. The van der Waals surface area contributed by atoms with E-state index in [1.54, 1.807) is 38.3 Å². The molecule has 0 atom stereocenters. The van der Waals surface area contributed by atoms with Crippen LogP contribution in [-0.2, 0) is 16.0 Å². The van der Waals surface area contributed by atoms with Crippen molar-refractivity contribution in [3.63, 3.8) is 0 Å². The summed E-state index contributed by atoms with van der Waals surface area (Å²) in [5.74, 6) is -0.862. The maximum atomic E-state index is 13.3. The highest BCUT2D eigenvalue weighted by Crippen LogP contribution is 2.33. The van der Waals surface area contributed by atoms with Crippen LogP contribution in [0, 0.1) is 10.5 Å². The van der Waals surface area contributed by atoms with Crippen LogP contribution in [0.4, 0.5) is 10.5 Å². The first-order valence-electron chi connectivity index (χ1n) is 10.5. The Kier molecular flexibility index (Phi) is 7.63. The topological polar surface area (TPSA) is 75.7 Å². The lowest BCUT2D eigenvalue weighted by atomic mass is 10.0. The van der Waals surface area contributed by atoms with Crippen molar-refractivity contribution in [1.82, 2.24) is 5.32 Å². The van der Waals surface area contributed by atoms with E-state index in [9.17, 15) is 14.4 Å². The maximum absolute atomic E-state index is 13.3. The average Bonchev–Trinajstić information content (AvgIpc) is 2.82. The highest BCUT2D eigenvalue weighted by molar-refractivity contribution is 14.1. The Morgan fingerprint density at radius 3 is 2.57 bits per heavy atom.